The fourth-order valence-corrected chi connectivity index (χ4v) is 5.04. The van der Waals surface area contributed by atoms with E-state index in [-0.39, 0.29) is 17.7 Å². The molecule has 2 amide bonds. The Balaban J connectivity index is 1.21. The average Bonchev–Trinajstić information content (AvgIpc) is 3.46. The van der Waals surface area contributed by atoms with Gasteiger partial charge in [-0.05, 0) is 84.2 Å². The van der Waals surface area contributed by atoms with Crippen molar-refractivity contribution in [3.63, 3.8) is 0 Å². The number of H-pyrrole nitrogens is 1. The number of nitrogens with zero attached hydrogens (tertiary/aromatic N) is 3. The van der Waals surface area contributed by atoms with Crippen LogP contribution in [0.1, 0.15) is 29.6 Å². The Labute approximate surface area is 204 Å². The highest BCUT2D eigenvalue weighted by molar-refractivity contribution is 6.06. The summed E-state index contributed by atoms with van der Waals surface area (Å²) in [7, 11) is 0. The van der Waals surface area contributed by atoms with E-state index < -0.39 is 0 Å². The number of amides is 2. The minimum absolute atomic E-state index is 0.0439. The van der Waals surface area contributed by atoms with Crippen molar-refractivity contribution in [3.8, 4) is 11.1 Å². The van der Waals surface area contributed by atoms with Crippen LogP contribution < -0.4 is 4.90 Å². The van der Waals surface area contributed by atoms with Crippen LogP contribution in [0.3, 0.4) is 0 Å². The van der Waals surface area contributed by atoms with Crippen LogP contribution >= 0.6 is 0 Å². The van der Waals surface area contributed by atoms with Crippen molar-refractivity contribution in [2.45, 2.75) is 19.3 Å². The Hall–Kier alpha value is -3.93. The Morgan fingerprint density at radius 2 is 1.83 bits per heavy atom. The van der Waals surface area contributed by atoms with Crippen molar-refractivity contribution >= 4 is 28.4 Å². The number of carbonyl (C=O) groups excluding carboxylic acids is 2. The van der Waals surface area contributed by atoms with Crippen LogP contribution in [0.5, 0.6) is 0 Å². The van der Waals surface area contributed by atoms with Gasteiger partial charge in [0.25, 0.3) is 5.91 Å². The highest BCUT2D eigenvalue weighted by Crippen LogP contribution is 2.33. The summed E-state index contributed by atoms with van der Waals surface area (Å²) in [5.74, 6) is 0.744. The molecule has 1 saturated heterocycles. The number of hydrogen-bond acceptors (Lipinski definition) is 3. The van der Waals surface area contributed by atoms with Gasteiger partial charge in [-0.3, -0.25) is 14.6 Å². The van der Waals surface area contributed by atoms with Gasteiger partial charge in [-0.15, -0.1) is 0 Å². The maximum atomic E-state index is 13.7. The van der Waals surface area contributed by atoms with Crippen LogP contribution in [0.15, 0.2) is 79.3 Å². The molecule has 1 atom stereocenters. The third kappa shape index (κ3) is 4.44. The number of fused-ring (bicyclic) bond motifs is 1. The standard InChI is InChI=1S/C29H28N4O2/c34-28(22-7-8-22)32-15-12-20(18-32)19-33(26-2-1-13-30-17-26)29(35)23-5-3-21(4-6-23)24-9-10-27-25(16-24)11-14-31-27/h1-6,9-11,13-14,16-17,20,22,31H,7-8,12,15,18-19H2. The van der Waals surface area contributed by atoms with Crippen LogP contribution in [0.2, 0.25) is 0 Å². The van der Waals surface area contributed by atoms with Gasteiger partial charge in [0.1, 0.15) is 0 Å². The van der Waals surface area contributed by atoms with Crippen molar-refractivity contribution in [1.82, 2.24) is 14.9 Å². The van der Waals surface area contributed by atoms with Crippen molar-refractivity contribution in [3.05, 3.63) is 84.8 Å². The van der Waals surface area contributed by atoms with Gasteiger partial charge in [-0.1, -0.05) is 18.2 Å². The molecule has 2 aliphatic rings. The molecule has 1 saturated carbocycles. The molecule has 4 aromatic rings. The summed E-state index contributed by atoms with van der Waals surface area (Å²) in [6, 6.07) is 20.0. The van der Waals surface area contributed by atoms with E-state index in [0.717, 1.165) is 60.1 Å². The molecular weight excluding hydrogens is 436 g/mol. The fraction of sp³-hybridized carbons (Fsp3) is 0.276. The molecule has 6 heteroatoms. The molecule has 0 radical (unpaired) electrons. The quantitative estimate of drug-likeness (QED) is 0.430. The second-order valence-corrected chi connectivity index (χ2v) is 9.70. The maximum Gasteiger partial charge on any atom is 0.258 e. The SMILES string of the molecule is O=C(C1CC1)N1CCC(CN(C(=O)c2ccc(-c3ccc4[nH]ccc4c3)cc2)c2cccnc2)C1. The van der Waals surface area contributed by atoms with Crippen molar-refractivity contribution in [2.24, 2.45) is 11.8 Å². The first kappa shape index (κ1) is 21.6. The smallest absolute Gasteiger partial charge is 0.258 e. The number of rotatable bonds is 6. The van der Waals surface area contributed by atoms with E-state index in [1.54, 1.807) is 12.4 Å². The zero-order valence-corrected chi connectivity index (χ0v) is 19.6. The van der Waals surface area contributed by atoms with Crippen LogP contribution in [0, 0.1) is 11.8 Å². The first-order valence-corrected chi connectivity index (χ1v) is 12.3. The minimum atomic E-state index is -0.0439. The number of benzene rings is 2. The molecule has 1 N–H and O–H groups in total. The summed E-state index contributed by atoms with van der Waals surface area (Å²) < 4.78 is 0. The number of nitrogens with one attached hydrogen (secondary N) is 1. The third-order valence-corrected chi connectivity index (χ3v) is 7.19. The minimum Gasteiger partial charge on any atom is -0.361 e. The van der Waals surface area contributed by atoms with E-state index >= 15 is 0 Å². The summed E-state index contributed by atoms with van der Waals surface area (Å²) in [6.45, 7) is 2.08. The van der Waals surface area contributed by atoms with Crippen molar-refractivity contribution in [2.75, 3.05) is 24.5 Å². The van der Waals surface area contributed by atoms with Gasteiger partial charge in [0, 0.05) is 49.0 Å². The molecule has 0 spiro atoms. The molecule has 176 valence electrons. The molecule has 6 nitrogen and oxygen atoms in total. The Morgan fingerprint density at radius 1 is 1.00 bits per heavy atom. The van der Waals surface area contributed by atoms with Gasteiger partial charge < -0.3 is 14.8 Å². The average molecular weight is 465 g/mol. The Kier molecular flexibility index (Phi) is 5.57. The number of aromatic nitrogens is 2. The second kappa shape index (κ2) is 9.02. The van der Waals surface area contributed by atoms with Gasteiger partial charge >= 0.3 is 0 Å². The van der Waals surface area contributed by atoms with E-state index in [1.165, 1.54) is 0 Å². The normalized spacial score (nSPS) is 17.6. The molecule has 0 bridgehead atoms. The molecule has 2 fully saturated rings. The Morgan fingerprint density at radius 3 is 2.60 bits per heavy atom. The van der Waals surface area contributed by atoms with Gasteiger partial charge in [0.2, 0.25) is 5.91 Å². The molecule has 6 rings (SSSR count). The molecule has 1 unspecified atom stereocenters. The lowest BCUT2D eigenvalue weighted by Crippen LogP contribution is -2.37. The van der Waals surface area contributed by atoms with E-state index in [2.05, 4.69) is 34.2 Å². The van der Waals surface area contributed by atoms with Gasteiger partial charge in [-0.25, -0.2) is 0 Å². The van der Waals surface area contributed by atoms with E-state index in [9.17, 15) is 9.59 Å². The molecule has 1 aliphatic carbocycles. The van der Waals surface area contributed by atoms with E-state index in [1.807, 2.05) is 52.4 Å². The predicted molar refractivity (Wildman–Crippen MR) is 137 cm³/mol. The van der Waals surface area contributed by atoms with Crippen LogP contribution in [-0.4, -0.2) is 46.3 Å². The molecule has 35 heavy (non-hydrogen) atoms. The number of carbonyl (C=O) groups is 2. The van der Waals surface area contributed by atoms with Crippen molar-refractivity contribution < 1.29 is 9.59 Å². The highest BCUT2D eigenvalue weighted by Gasteiger charge is 2.37. The predicted octanol–water partition coefficient (Wildman–Crippen LogP) is 5.14. The Bertz CT molecular complexity index is 1360. The lowest BCUT2D eigenvalue weighted by atomic mass is 10.0. The second-order valence-electron chi connectivity index (χ2n) is 9.70. The summed E-state index contributed by atoms with van der Waals surface area (Å²) in [6.07, 6.45) is 8.36. The largest absolute Gasteiger partial charge is 0.361 e. The molecule has 2 aromatic heterocycles. The van der Waals surface area contributed by atoms with E-state index in [4.69, 9.17) is 0 Å². The molecule has 1 aliphatic heterocycles. The number of anilines is 1. The summed E-state index contributed by atoms with van der Waals surface area (Å²) >= 11 is 0. The third-order valence-electron chi connectivity index (χ3n) is 7.19. The fourth-order valence-electron chi connectivity index (χ4n) is 5.04. The maximum absolute atomic E-state index is 13.7. The lowest BCUT2D eigenvalue weighted by Gasteiger charge is -2.26. The van der Waals surface area contributed by atoms with Gasteiger partial charge in [-0.2, -0.15) is 0 Å². The topological polar surface area (TPSA) is 69.3 Å². The number of hydrogen-bond donors (Lipinski definition) is 1. The number of likely N-dealkylation sites (tertiary alicyclic amines) is 1. The number of pyridine rings is 1. The van der Waals surface area contributed by atoms with Crippen LogP contribution in [0.4, 0.5) is 5.69 Å². The van der Waals surface area contributed by atoms with E-state index in [0.29, 0.717) is 18.0 Å². The number of aromatic amines is 1. The monoisotopic (exact) mass is 464 g/mol. The highest BCUT2D eigenvalue weighted by atomic mass is 16.2. The van der Waals surface area contributed by atoms with Crippen LogP contribution in [-0.2, 0) is 4.79 Å². The molecule has 2 aromatic carbocycles. The lowest BCUT2D eigenvalue weighted by molar-refractivity contribution is -0.131. The van der Waals surface area contributed by atoms with Crippen molar-refractivity contribution in [1.29, 1.82) is 0 Å². The van der Waals surface area contributed by atoms with Gasteiger partial charge in [0.15, 0.2) is 0 Å². The summed E-state index contributed by atoms with van der Waals surface area (Å²) in [5, 5.41) is 1.16. The van der Waals surface area contributed by atoms with Crippen LogP contribution in [0.25, 0.3) is 22.0 Å². The first-order valence-electron chi connectivity index (χ1n) is 12.3. The summed E-state index contributed by atoms with van der Waals surface area (Å²) in [4.78, 5) is 37.4. The first-order chi connectivity index (χ1) is 17.2. The van der Waals surface area contributed by atoms with Gasteiger partial charge in [0.05, 0.1) is 11.9 Å². The summed E-state index contributed by atoms with van der Waals surface area (Å²) in [5.41, 5.74) is 4.72. The zero-order chi connectivity index (χ0) is 23.8. The molecular formula is C29H28N4O2. The molecule has 3 heterocycles. The zero-order valence-electron chi connectivity index (χ0n) is 19.6.